The summed E-state index contributed by atoms with van der Waals surface area (Å²) in [7, 11) is 1.62. The number of hydrogen-bond acceptors (Lipinski definition) is 3. The lowest BCUT2D eigenvalue weighted by molar-refractivity contribution is -0.184. The van der Waals surface area contributed by atoms with Crippen LogP contribution in [0.25, 0.3) is 0 Å². The Bertz CT molecular complexity index is 669. The molecule has 1 amide bonds. The lowest BCUT2D eigenvalue weighted by atomic mass is 9.88. The van der Waals surface area contributed by atoms with Gasteiger partial charge in [0.05, 0.1) is 12.6 Å². The van der Waals surface area contributed by atoms with Crippen LogP contribution in [0, 0.1) is 0 Å². The molecule has 0 aromatic heterocycles. The number of hydrogen-bond donors (Lipinski definition) is 0. The summed E-state index contributed by atoms with van der Waals surface area (Å²) in [6, 6.07) is 9.57. The van der Waals surface area contributed by atoms with E-state index >= 15 is 0 Å². The van der Waals surface area contributed by atoms with E-state index in [9.17, 15) is 4.79 Å². The summed E-state index contributed by atoms with van der Waals surface area (Å²) >= 11 is 0. The zero-order chi connectivity index (χ0) is 17.5. The first-order valence-corrected chi connectivity index (χ1v) is 7.83. The molecular formula is C20H23NO3. The van der Waals surface area contributed by atoms with Crippen LogP contribution in [0.15, 0.2) is 66.6 Å². The summed E-state index contributed by atoms with van der Waals surface area (Å²) in [4.78, 5) is 14.2. The second kappa shape index (κ2) is 8.49. The fraction of sp³-hybridized carbons (Fsp3) is 0.350. The van der Waals surface area contributed by atoms with Crippen molar-refractivity contribution >= 4 is 5.91 Å². The first-order chi connectivity index (χ1) is 11.6. The lowest BCUT2D eigenvalue weighted by Gasteiger charge is -2.49. The average molecular weight is 325 g/mol. The summed E-state index contributed by atoms with van der Waals surface area (Å²) in [6.07, 6.45) is 0.869. The highest BCUT2D eigenvalue weighted by Crippen LogP contribution is 2.30. The van der Waals surface area contributed by atoms with Crippen molar-refractivity contribution in [2.24, 2.45) is 0 Å². The van der Waals surface area contributed by atoms with Crippen LogP contribution in [0.2, 0.25) is 0 Å². The maximum Gasteiger partial charge on any atom is 0.254 e. The molecule has 1 aliphatic rings. The Morgan fingerprint density at radius 3 is 2.67 bits per heavy atom. The Balaban J connectivity index is 2.16. The average Bonchev–Trinajstić information content (AvgIpc) is 2.62. The van der Waals surface area contributed by atoms with Gasteiger partial charge in [0, 0.05) is 13.7 Å². The highest BCUT2D eigenvalue weighted by Gasteiger charge is 2.52. The van der Waals surface area contributed by atoms with Crippen molar-refractivity contribution in [2.75, 3.05) is 13.7 Å². The van der Waals surface area contributed by atoms with Crippen molar-refractivity contribution in [3.05, 3.63) is 72.2 Å². The summed E-state index contributed by atoms with van der Waals surface area (Å²) < 4.78 is 11.5. The summed E-state index contributed by atoms with van der Waals surface area (Å²) in [5.74, 6) is -0.0543. The first-order valence-electron chi connectivity index (χ1n) is 7.83. The van der Waals surface area contributed by atoms with Gasteiger partial charge in [-0.3, -0.25) is 4.79 Å². The molecule has 0 spiro atoms. The second-order valence-electron chi connectivity index (χ2n) is 5.62. The van der Waals surface area contributed by atoms with Gasteiger partial charge < -0.3 is 14.4 Å². The molecule has 126 valence electrons. The largest absolute Gasteiger partial charge is 0.374 e. The number of carbonyl (C=O) groups is 1. The van der Waals surface area contributed by atoms with Gasteiger partial charge in [0.2, 0.25) is 0 Å². The SMILES string of the molecule is C=C=CCN1C(=O)[C@H](OCc2ccccc2)[C@@H]1[C@H](OC)C(C)=C=C. The molecule has 1 saturated heterocycles. The van der Waals surface area contributed by atoms with Gasteiger partial charge in [-0.25, -0.2) is 0 Å². The minimum Gasteiger partial charge on any atom is -0.374 e. The number of amides is 1. The maximum atomic E-state index is 12.5. The van der Waals surface area contributed by atoms with Crippen LogP contribution in [0.3, 0.4) is 0 Å². The fourth-order valence-corrected chi connectivity index (χ4v) is 2.84. The minimum atomic E-state index is -0.545. The molecule has 0 bridgehead atoms. The Morgan fingerprint density at radius 2 is 2.08 bits per heavy atom. The van der Waals surface area contributed by atoms with Gasteiger partial charge in [0.15, 0.2) is 6.10 Å². The minimum absolute atomic E-state index is 0.0543. The van der Waals surface area contributed by atoms with Gasteiger partial charge in [-0.05, 0) is 24.1 Å². The van der Waals surface area contributed by atoms with Crippen LogP contribution >= 0.6 is 0 Å². The normalized spacial score (nSPS) is 20.6. The van der Waals surface area contributed by atoms with Gasteiger partial charge in [0.25, 0.3) is 5.91 Å². The number of benzene rings is 1. The number of nitrogens with zero attached hydrogens (tertiary/aromatic N) is 1. The van der Waals surface area contributed by atoms with E-state index in [1.165, 1.54) is 0 Å². The Hall–Kier alpha value is -2.35. The molecule has 0 N–H and O–H groups in total. The van der Waals surface area contributed by atoms with Gasteiger partial charge in [-0.2, -0.15) is 0 Å². The highest BCUT2D eigenvalue weighted by molar-refractivity contribution is 5.89. The number of likely N-dealkylation sites (tertiary alicyclic amines) is 1. The van der Waals surface area contributed by atoms with Crippen LogP contribution in [0.4, 0.5) is 0 Å². The molecule has 24 heavy (non-hydrogen) atoms. The molecule has 0 radical (unpaired) electrons. The fourth-order valence-electron chi connectivity index (χ4n) is 2.84. The van der Waals surface area contributed by atoms with Crippen molar-refractivity contribution in [1.82, 2.24) is 4.90 Å². The predicted octanol–water partition coefficient (Wildman–Crippen LogP) is 2.87. The molecule has 3 atom stereocenters. The molecule has 1 aromatic carbocycles. The third-order valence-corrected chi connectivity index (χ3v) is 4.17. The van der Waals surface area contributed by atoms with Gasteiger partial charge in [0.1, 0.15) is 6.10 Å². The van der Waals surface area contributed by atoms with Crippen LogP contribution < -0.4 is 0 Å². The van der Waals surface area contributed by atoms with E-state index < -0.39 is 6.10 Å². The molecule has 1 aliphatic heterocycles. The monoisotopic (exact) mass is 325 g/mol. The third-order valence-electron chi connectivity index (χ3n) is 4.17. The van der Waals surface area contributed by atoms with Crippen molar-refractivity contribution in [3.63, 3.8) is 0 Å². The van der Waals surface area contributed by atoms with Crippen LogP contribution in [-0.4, -0.2) is 42.7 Å². The molecule has 0 saturated carbocycles. The quantitative estimate of drug-likeness (QED) is 0.545. The zero-order valence-electron chi connectivity index (χ0n) is 14.2. The Kier molecular flexibility index (Phi) is 6.36. The molecule has 0 aliphatic carbocycles. The smallest absolute Gasteiger partial charge is 0.254 e. The van der Waals surface area contributed by atoms with Gasteiger partial charge in [-0.1, -0.05) is 43.5 Å². The van der Waals surface area contributed by atoms with E-state index in [0.717, 1.165) is 11.1 Å². The number of methoxy groups -OCH3 is 1. The van der Waals surface area contributed by atoms with E-state index in [1.807, 2.05) is 37.3 Å². The Labute approximate surface area is 143 Å². The number of rotatable bonds is 8. The number of ether oxygens (including phenoxy) is 2. The molecule has 1 fully saturated rings. The van der Waals surface area contributed by atoms with Gasteiger partial charge in [-0.15, -0.1) is 11.5 Å². The van der Waals surface area contributed by atoms with Crippen molar-refractivity contribution in [2.45, 2.75) is 31.8 Å². The van der Waals surface area contributed by atoms with Gasteiger partial charge >= 0.3 is 0 Å². The standard InChI is InChI=1S/C20H23NO3/c1-5-7-13-21-17(18(23-4)15(3)6-2)19(20(21)22)24-14-16-11-9-8-10-12-16/h7-12,17-19H,1-2,13-14H2,3-4H3/t17-,18+,19+/m0/s1. The maximum absolute atomic E-state index is 12.5. The predicted molar refractivity (Wildman–Crippen MR) is 93.4 cm³/mol. The zero-order valence-corrected chi connectivity index (χ0v) is 14.2. The molecule has 4 nitrogen and oxygen atoms in total. The summed E-state index contributed by atoms with van der Waals surface area (Å²) in [5.41, 5.74) is 7.43. The molecule has 1 heterocycles. The first kappa shape index (κ1) is 18.0. The van der Waals surface area contributed by atoms with Crippen LogP contribution in [0.5, 0.6) is 0 Å². The molecule has 2 rings (SSSR count). The van der Waals surface area contributed by atoms with E-state index in [1.54, 1.807) is 18.1 Å². The van der Waals surface area contributed by atoms with E-state index in [0.29, 0.717) is 13.2 Å². The molecule has 0 unspecified atom stereocenters. The lowest BCUT2D eigenvalue weighted by Crippen LogP contribution is -2.70. The van der Waals surface area contributed by atoms with E-state index in [2.05, 4.69) is 24.6 Å². The van der Waals surface area contributed by atoms with Crippen molar-refractivity contribution in [1.29, 1.82) is 0 Å². The molecule has 1 aromatic rings. The van der Waals surface area contributed by atoms with Crippen LogP contribution in [-0.2, 0) is 20.9 Å². The number of carbonyl (C=O) groups excluding carboxylic acids is 1. The van der Waals surface area contributed by atoms with Crippen LogP contribution in [0.1, 0.15) is 12.5 Å². The summed E-state index contributed by atoms with van der Waals surface area (Å²) in [6.45, 7) is 9.93. The van der Waals surface area contributed by atoms with E-state index in [-0.39, 0.29) is 18.1 Å². The van der Waals surface area contributed by atoms with Crippen molar-refractivity contribution in [3.8, 4) is 0 Å². The number of β-lactam (4-membered cyclic amide) rings is 1. The highest BCUT2D eigenvalue weighted by atomic mass is 16.5. The third kappa shape index (κ3) is 3.76. The van der Waals surface area contributed by atoms with Crippen molar-refractivity contribution < 1.29 is 14.3 Å². The summed E-state index contributed by atoms with van der Waals surface area (Å²) in [5, 5.41) is 0. The van der Waals surface area contributed by atoms with E-state index in [4.69, 9.17) is 9.47 Å². The second-order valence-corrected chi connectivity index (χ2v) is 5.62. The topological polar surface area (TPSA) is 38.8 Å². The Morgan fingerprint density at radius 1 is 1.38 bits per heavy atom. The molecule has 4 heteroatoms. The molecular weight excluding hydrogens is 302 g/mol.